The van der Waals surface area contributed by atoms with Crippen LogP contribution in [0.1, 0.15) is 63.3 Å². The molecule has 1 saturated carbocycles. The zero-order chi connectivity index (χ0) is 33.0. The molecule has 3 aromatic rings. The van der Waals surface area contributed by atoms with Crippen molar-refractivity contribution < 1.29 is 34.1 Å². The predicted molar refractivity (Wildman–Crippen MR) is 174 cm³/mol. The van der Waals surface area contributed by atoms with Crippen molar-refractivity contribution in [3.63, 3.8) is 0 Å². The minimum atomic E-state index is -2.59. The molecule has 0 aromatic heterocycles. The molecular weight excluding hydrogens is 580 g/mol. The minimum Gasteiger partial charge on any atom is -0.507 e. The Labute approximate surface area is 269 Å². The molecule has 0 amide bonds. The maximum Gasteiger partial charge on any atom is 0.209 e. The van der Waals surface area contributed by atoms with Crippen LogP contribution in [0.3, 0.4) is 0 Å². The van der Waals surface area contributed by atoms with E-state index >= 15 is 0 Å². The number of hydrogen-bond donors (Lipinski definition) is 2. The van der Waals surface area contributed by atoms with E-state index in [2.05, 4.69) is 0 Å². The van der Waals surface area contributed by atoms with Crippen molar-refractivity contribution in [3.8, 4) is 5.75 Å². The number of benzene rings is 3. The Morgan fingerprint density at radius 3 is 2.02 bits per heavy atom. The van der Waals surface area contributed by atoms with E-state index in [1.54, 1.807) is 13.0 Å². The van der Waals surface area contributed by atoms with Gasteiger partial charge in [-0.1, -0.05) is 100 Å². The van der Waals surface area contributed by atoms with Crippen LogP contribution in [0.4, 0.5) is 0 Å². The number of carbonyl (C=O) groups excluding carboxylic acids is 3. The van der Waals surface area contributed by atoms with Gasteiger partial charge in [0.1, 0.15) is 36.1 Å². The second kappa shape index (κ2) is 11.4. The standard InChI is InChI=1S/C39H40O7/c1-23(2)31-34(46-21-26-15-10-7-11-16-26)29(24(3)40)35(42)39(44)36(43)32-33(41)30-27(19-37(32,4)22-38(31,39)5)17-12-18-28(30)45-20-25-13-8-6-9-14-25/h6-18,23,31,41,44H,19-22H2,1-5H3/t31?,37-,38-,39+/m1/s1. The summed E-state index contributed by atoms with van der Waals surface area (Å²) in [7, 11) is 0. The number of aliphatic hydroxyl groups is 2. The van der Waals surface area contributed by atoms with Crippen LogP contribution in [-0.4, -0.2) is 33.2 Å². The maximum atomic E-state index is 14.8. The number of ketones is 3. The van der Waals surface area contributed by atoms with Crippen molar-refractivity contribution in [1.82, 2.24) is 0 Å². The lowest BCUT2D eigenvalue weighted by atomic mass is 9.43. The highest BCUT2D eigenvalue weighted by atomic mass is 16.5. The van der Waals surface area contributed by atoms with Crippen LogP contribution in [0.15, 0.2) is 95.8 Å². The molecule has 6 rings (SSSR count). The molecule has 7 heteroatoms. The van der Waals surface area contributed by atoms with Crippen LogP contribution in [0.5, 0.6) is 5.75 Å². The summed E-state index contributed by atoms with van der Waals surface area (Å²) in [5, 5.41) is 24.5. The third-order valence-electron chi connectivity index (χ3n) is 10.2. The van der Waals surface area contributed by atoms with E-state index in [4.69, 9.17) is 9.47 Å². The lowest BCUT2D eigenvalue weighted by Crippen LogP contribution is -2.71. The van der Waals surface area contributed by atoms with Crippen LogP contribution < -0.4 is 4.74 Å². The normalized spacial score (nSPS) is 27.2. The summed E-state index contributed by atoms with van der Waals surface area (Å²) in [6.07, 6.45) is 0.568. The highest BCUT2D eigenvalue weighted by molar-refractivity contribution is 6.33. The molecule has 7 nitrogen and oxygen atoms in total. The topological polar surface area (TPSA) is 110 Å². The second-order valence-corrected chi connectivity index (χ2v) is 13.8. The summed E-state index contributed by atoms with van der Waals surface area (Å²) in [5.41, 5.74) is -2.20. The third-order valence-corrected chi connectivity index (χ3v) is 10.2. The average Bonchev–Trinajstić information content (AvgIpc) is 3.01. The number of rotatable bonds is 8. The van der Waals surface area contributed by atoms with E-state index in [0.29, 0.717) is 17.7 Å². The molecule has 0 radical (unpaired) electrons. The summed E-state index contributed by atoms with van der Waals surface area (Å²) in [5.74, 6) is -2.99. The summed E-state index contributed by atoms with van der Waals surface area (Å²) in [4.78, 5) is 42.4. The van der Waals surface area contributed by atoms with Gasteiger partial charge in [-0.25, -0.2) is 0 Å². The van der Waals surface area contributed by atoms with Gasteiger partial charge in [-0.05, 0) is 48.4 Å². The summed E-state index contributed by atoms with van der Waals surface area (Å²) >= 11 is 0. The first kappa shape index (κ1) is 31.5. The molecule has 0 aliphatic heterocycles. The van der Waals surface area contributed by atoms with Crippen LogP contribution >= 0.6 is 0 Å². The third kappa shape index (κ3) is 4.71. The Hall–Kier alpha value is -4.49. The zero-order valence-electron chi connectivity index (χ0n) is 26.9. The molecule has 3 aliphatic carbocycles. The average molecular weight is 621 g/mol. The summed E-state index contributed by atoms with van der Waals surface area (Å²) in [6, 6.07) is 24.6. The fourth-order valence-corrected chi connectivity index (χ4v) is 8.38. The van der Waals surface area contributed by atoms with Gasteiger partial charge in [-0.15, -0.1) is 0 Å². The molecule has 0 spiro atoms. The van der Waals surface area contributed by atoms with Crippen molar-refractivity contribution in [2.24, 2.45) is 22.7 Å². The van der Waals surface area contributed by atoms with E-state index in [1.165, 1.54) is 6.92 Å². The van der Waals surface area contributed by atoms with Gasteiger partial charge in [0.25, 0.3) is 0 Å². The van der Waals surface area contributed by atoms with E-state index in [1.807, 2.05) is 93.6 Å². The fourth-order valence-electron chi connectivity index (χ4n) is 8.38. The van der Waals surface area contributed by atoms with Crippen LogP contribution in [-0.2, 0) is 38.8 Å². The molecule has 3 aliphatic rings. The SMILES string of the molecule is CC(=O)C1=C(OCc2ccccc2)C(C(C)C)[C@@]2(C)C[C@@]3(C)Cc4cccc(OCc5ccccc5)c4C(O)=C3C(=O)[C@@]2(O)C1=O. The number of carbonyl (C=O) groups is 3. The lowest BCUT2D eigenvalue weighted by Gasteiger charge is -2.60. The summed E-state index contributed by atoms with van der Waals surface area (Å²) in [6.45, 7) is 9.16. The molecule has 0 saturated heterocycles. The van der Waals surface area contributed by atoms with Gasteiger partial charge in [-0.3, -0.25) is 14.4 Å². The Morgan fingerprint density at radius 1 is 0.870 bits per heavy atom. The monoisotopic (exact) mass is 620 g/mol. The van der Waals surface area contributed by atoms with Crippen molar-refractivity contribution in [2.45, 2.75) is 66.3 Å². The minimum absolute atomic E-state index is 0.0110. The Balaban J connectivity index is 1.48. The zero-order valence-corrected chi connectivity index (χ0v) is 26.9. The van der Waals surface area contributed by atoms with Crippen LogP contribution in [0, 0.1) is 22.7 Å². The second-order valence-electron chi connectivity index (χ2n) is 13.8. The molecular formula is C39H40O7. The van der Waals surface area contributed by atoms with E-state index < -0.39 is 39.7 Å². The quantitative estimate of drug-likeness (QED) is 0.212. The van der Waals surface area contributed by atoms with Crippen LogP contribution in [0.2, 0.25) is 0 Å². The molecule has 1 fully saturated rings. The summed E-state index contributed by atoms with van der Waals surface area (Å²) < 4.78 is 12.5. The van der Waals surface area contributed by atoms with Crippen LogP contribution in [0.25, 0.3) is 5.76 Å². The lowest BCUT2D eigenvalue weighted by molar-refractivity contribution is -0.184. The van der Waals surface area contributed by atoms with Gasteiger partial charge in [-0.2, -0.15) is 0 Å². The predicted octanol–water partition coefficient (Wildman–Crippen LogP) is 6.72. The number of allylic oxidation sites excluding steroid dienone is 1. The van der Waals surface area contributed by atoms with Gasteiger partial charge in [0.2, 0.25) is 11.6 Å². The number of hydrogen-bond acceptors (Lipinski definition) is 7. The highest BCUT2D eigenvalue weighted by Crippen LogP contribution is 2.65. The van der Waals surface area contributed by atoms with Crippen molar-refractivity contribution in [1.29, 1.82) is 0 Å². The van der Waals surface area contributed by atoms with Gasteiger partial charge in [0.15, 0.2) is 11.4 Å². The highest BCUT2D eigenvalue weighted by Gasteiger charge is 2.73. The largest absolute Gasteiger partial charge is 0.507 e. The van der Waals surface area contributed by atoms with Gasteiger partial charge >= 0.3 is 0 Å². The van der Waals surface area contributed by atoms with Gasteiger partial charge in [0.05, 0.1) is 5.56 Å². The first-order valence-corrected chi connectivity index (χ1v) is 15.8. The smallest absolute Gasteiger partial charge is 0.209 e. The molecule has 4 atom stereocenters. The molecule has 2 N–H and O–H groups in total. The number of ether oxygens (including phenoxy) is 2. The van der Waals surface area contributed by atoms with Crippen molar-refractivity contribution in [2.75, 3.05) is 0 Å². The first-order valence-electron chi connectivity index (χ1n) is 15.8. The van der Waals surface area contributed by atoms with Crippen molar-refractivity contribution >= 4 is 23.1 Å². The fraction of sp³-hybridized carbons (Fsp3) is 0.359. The van der Waals surface area contributed by atoms with Gasteiger partial charge < -0.3 is 19.7 Å². The number of Topliss-reactive ketones (excluding diaryl/α,β-unsaturated/α-hetero) is 3. The number of aliphatic hydroxyl groups excluding tert-OH is 1. The molecule has 0 heterocycles. The van der Waals surface area contributed by atoms with E-state index in [0.717, 1.165) is 16.7 Å². The van der Waals surface area contributed by atoms with E-state index in [-0.39, 0.29) is 48.2 Å². The van der Waals surface area contributed by atoms with Gasteiger partial charge in [0, 0.05) is 22.3 Å². The van der Waals surface area contributed by atoms with E-state index in [9.17, 15) is 24.6 Å². The first-order chi connectivity index (χ1) is 21.8. The number of fused-ring (bicyclic) bond motifs is 3. The molecule has 46 heavy (non-hydrogen) atoms. The Bertz CT molecular complexity index is 1790. The Kier molecular flexibility index (Phi) is 7.80. The molecule has 0 bridgehead atoms. The molecule has 238 valence electrons. The Morgan fingerprint density at radius 2 is 1.46 bits per heavy atom. The van der Waals surface area contributed by atoms with Crippen molar-refractivity contribution in [3.05, 3.63) is 118 Å². The molecule has 1 unspecified atom stereocenters. The molecule has 3 aromatic carbocycles. The maximum absolute atomic E-state index is 14.8.